The molecule has 16 aliphatic rings. The molecule has 20 rings (SSSR count). The van der Waals surface area contributed by atoms with Crippen LogP contribution in [0.3, 0.4) is 0 Å². The highest BCUT2D eigenvalue weighted by atomic mass is 16.5. The largest absolute Gasteiger partial charge is 0.506 e. The molecule has 6 nitrogen and oxygen atoms in total. The lowest BCUT2D eigenvalue weighted by Crippen LogP contribution is -2.66. The van der Waals surface area contributed by atoms with Crippen molar-refractivity contribution in [2.45, 2.75) is 192 Å². The van der Waals surface area contributed by atoms with Crippen molar-refractivity contribution in [3.63, 3.8) is 0 Å². The molecule has 4 aromatic carbocycles. The number of hydrogen-bond donors (Lipinski definition) is 4. The average molecular weight is 993 g/mol. The molecule has 74 heavy (non-hydrogen) atoms. The molecule has 0 spiro atoms. The molecule has 4 aromatic rings. The Labute approximate surface area is 441 Å². The second-order valence-electron chi connectivity index (χ2n) is 31.6. The standard InChI is InChI=1S/C68H84N2O4/c1-60-22-44-23-61(2,34-60)37-64(26-44,36-60)52-18-46(5-11-58(52)73-50-7-9-54(69)56(71)20-50)68(48-16-43-17-49(68)33-67(31-43,32-48)66-28-40-13-41(29-66)15-42(14-40)30-66)47-6-12-59(74-51-8-10-55(70)57(72)21-51)53(19-47)65-27-45-24-62(3,38-65)35-63(4,25-45)39-65/h5-12,18-21,40-45,48-49,71-72H,13-17,22-39,69-70H2,1-4H3. The predicted octanol–water partition coefficient (Wildman–Crippen LogP) is 16.7. The summed E-state index contributed by atoms with van der Waals surface area (Å²) in [7, 11) is 0. The van der Waals surface area contributed by atoms with Crippen molar-refractivity contribution in [3.05, 3.63) is 95.1 Å². The molecule has 0 saturated heterocycles. The van der Waals surface area contributed by atoms with Gasteiger partial charge in [0.25, 0.3) is 0 Å². The van der Waals surface area contributed by atoms with E-state index in [1.54, 1.807) is 35.4 Å². The molecule has 6 unspecified atom stereocenters. The van der Waals surface area contributed by atoms with Gasteiger partial charge in [-0.1, -0.05) is 52.0 Å². The van der Waals surface area contributed by atoms with Crippen molar-refractivity contribution < 1.29 is 19.7 Å². The maximum absolute atomic E-state index is 10.9. The van der Waals surface area contributed by atoms with Crippen molar-refractivity contribution in [1.29, 1.82) is 0 Å². The lowest BCUT2D eigenvalue weighted by atomic mass is 9.31. The Hall–Kier alpha value is -4.32. The van der Waals surface area contributed by atoms with E-state index in [9.17, 15) is 10.2 Å². The van der Waals surface area contributed by atoms with Crippen LogP contribution >= 0.6 is 0 Å². The van der Waals surface area contributed by atoms with Crippen molar-refractivity contribution in [2.24, 2.45) is 79.8 Å². The summed E-state index contributed by atoms with van der Waals surface area (Å²) in [6.45, 7) is 10.5. The average Bonchev–Trinajstić information content (AvgIpc) is 3.36. The highest BCUT2D eigenvalue weighted by Crippen LogP contribution is 2.80. The summed E-state index contributed by atoms with van der Waals surface area (Å²) < 4.78 is 14.3. The minimum Gasteiger partial charge on any atom is -0.506 e. The molecule has 0 radical (unpaired) electrons. The summed E-state index contributed by atoms with van der Waals surface area (Å²) in [5, 5.41) is 21.9. The number of nitrogens with two attached hydrogens (primary N) is 2. The maximum atomic E-state index is 10.9. The Morgan fingerprint density at radius 2 is 0.784 bits per heavy atom. The summed E-state index contributed by atoms with van der Waals surface area (Å²) in [5.41, 5.74) is 21.3. The molecule has 16 bridgehead atoms. The van der Waals surface area contributed by atoms with Crippen LogP contribution in [0.15, 0.2) is 72.8 Å². The molecule has 6 heteroatoms. The monoisotopic (exact) mass is 993 g/mol. The van der Waals surface area contributed by atoms with Crippen LogP contribution in [0.2, 0.25) is 0 Å². The first kappa shape index (κ1) is 45.8. The fourth-order valence-corrected chi connectivity index (χ4v) is 26.0. The van der Waals surface area contributed by atoms with Crippen LogP contribution < -0.4 is 20.9 Å². The molecule has 0 heterocycles. The van der Waals surface area contributed by atoms with Gasteiger partial charge in [-0.25, -0.2) is 0 Å². The number of benzene rings is 4. The molecule has 390 valence electrons. The van der Waals surface area contributed by atoms with Gasteiger partial charge >= 0.3 is 0 Å². The van der Waals surface area contributed by atoms with E-state index >= 15 is 0 Å². The predicted molar refractivity (Wildman–Crippen MR) is 294 cm³/mol. The zero-order chi connectivity index (χ0) is 50.2. The Balaban J connectivity index is 0.912. The van der Waals surface area contributed by atoms with E-state index in [0.29, 0.717) is 67.2 Å². The van der Waals surface area contributed by atoms with Crippen LogP contribution in [-0.4, -0.2) is 10.2 Å². The van der Waals surface area contributed by atoms with E-state index in [0.717, 1.165) is 47.0 Å². The van der Waals surface area contributed by atoms with Gasteiger partial charge in [0.2, 0.25) is 0 Å². The Kier molecular flexibility index (Phi) is 9.06. The number of nitrogen functional groups attached to an aromatic ring is 2. The number of aromatic hydroxyl groups is 2. The van der Waals surface area contributed by atoms with E-state index in [-0.39, 0.29) is 27.7 Å². The highest BCUT2D eigenvalue weighted by molar-refractivity contribution is 5.60. The third kappa shape index (κ3) is 6.41. The first-order valence-corrected chi connectivity index (χ1v) is 30.1. The van der Waals surface area contributed by atoms with Crippen molar-refractivity contribution in [3.8, 4) is 34.5 Å². The Morgan fingerprint density at radius 1 is 0.405 bits per heavy atom. The first-order valence-electron chi connectivity index (χ1n) is 30.1. The second kappa shape index (κ2) is 14.6. The Morgan fingerprint density at radius 3 is 1.16 bits per heavy atom. The molecule has 16 aliphatic carbocycles. The summed E-state index contributed by atoms with van der Waals surface area (Å²) in [6.07, 6.45) is 31.3. The minimum absolute atomic E-state index is 0.0230. The maximum Gasteiger partial charge on any atom is 0.142 e. The quantitative estimate of drug-likeness (QED) is 0.0982. The zero-order valence-corrected chi connectivity index (χ0v) is 45.2. The molecule has 0 amide bonds. The summed E-state index contributed by atoms with van der Waals surface area (Å²) in [5.74, 6) is 9.68. The van der Waals surface area contributed by atoms with Crippen LogP contribution in [0.5, 0.6) is 34.5 Å². The SMILES string of the molecule is CC12CC3CC(C)(C1)CC(c1cc(C4(c5ccc(Oc6ccc(N)c(O)c6)c(C67CC8CC(C)(CC(C)(C8)C6)C7)c5)C5CC6CC4CC(C47CC8CC(CC(C8)C4)C7)(C6)C5)ccc1Oc1ccc(N)c(O)c1)(C3)C2. The van der Waals surface area contributed by atoms with Crippen molar-refractivity contribution in [1.82, 2.24) is 0 Å². The molecule has 16 saturated carbocycles. The van der Waals surface area contributed by atoms with Gasteiger partial charge < -0.3 is 31.2 Å². The van der Waals surface area contributed by atoms with Crippen molar-refractivity contribution >= 4 is 11.4 Å². The van der Waals surface area contributed by atoms with E-state index in [4.69, 9.17) is 20.9 Å². The van der Waals surface area contributed by atoms with Crippen molar-refractivity contribution in [2.75, 3.05) is 11.5 Å². The fraction of sp³-hybridized carbons (Fsp3) is 0.647. The summed E-state index contributed by atoms with van der Waals surface area (Å²) >= 11 is 0. The van der Waals surface area contributed by atoms with Gasteiger partial charge in [-0.15, -0.1) is 0 Å². The van der Waals surface area contributed by atoms with Gasteiger partial charge in [-0.3, -0.25) is 0 Å². The van der Waals surface area contributed by atoms with Crippen LogP contribution in [0.1, 0.15) is 198 Å². The van der Waals surface area contributed by atoms with E-state index in [1.165, 1.54) is 159 Å². The number of anilines is 2. The van der Waals surface area contributed by atoms with Crippen LogP contribution in [0.25, 0.3) is 0 Å². The number of hydrogen-bond acceptors (Lipinski definition) is 6. The zero-order valence-electron chi connectivity index (χ0n) is 45.2. The molecule has 0 aliphatic heterocycles. The smallest absolute Gasteiger partial charge is 0.142 e. The number of phenolic OH excluding ortho intramolecular Hbond substituents is 2. The van der Waals surface area contributed by atoms with Gasteiger partial charge in [0, 0.05) is 39.5 Å². The van der Waals surface area contributed by atoms with E-state index < -0.39 is 0 Å². The van der Waals surface area contributed by atoms with E-state index in [2.05, 4.69) is 64.1 Å². The topological polar surface area (TPSA) is 111 Å². The fourth-order valence-electron chi connectivity index (χ4n) is 26.0. The number of rotatable bonds is 9. The number of ether oxygens (including phenoxy) is 2. The lowest BCUT2D eigenvalue weighted by Gasteiger charge is -2.74. The van der Waals surface area contributed by atoms with Crippen LogP contribution in [0.4, 0.5) is 11.4 Å². The summed E-state index contributed by atoms with van der Waals surface area (Å²) in [6, 6.07) is 26.5. The highest BCUT2D eigenvalue weighted by Gasteiger charge is 2.71. The molecule has 6 atom stereocenters. The Bertz CT molecular complexity index is 2800. The lowest BCUT2D eigenvalue weighted by molar-refractivity contribution is -0.215. The first-order chi connectivity index (χ1) is 35.3. The van der Waals surface area contributed by atoms with Crippen LogP contribution in [0, 0.1) is 79.8 Å². The van der Waals surface area contributed by atoms with E-state index in [1.807, 2.05) is 12.1 Å². The van der Waals surface area contributed by atoms with Gasteiger partial charge in [0.15, 0.2) is 0 Å². The minimum atomic E-state index is -0.158. The van der Waals surface area contributed by atoms with Gasteiger partial charge in [0.1, 0.15) is 34.5 Å². The molecule has 0 aromatic heterocycles. The molecular weight excluding hydrogens is 909 g/mol. The van der Waals surface area contributed by atoms with Crippen LogP contribution in [-0.2, 0) is 16.2 Å². The number of phenols is 2. The third-order valence-corrected chi connectivity index (χ3v) is 25.4. The van der Waals surface area contributed by atoms with Gasteiger partial charge in [-0.2, -0.15) is 0 Å². The molecule has 16 fully saturated rings. The van der Waals surface area contributed by atoms with Gasteiger partial charge in [-0.05, 0) is 275 Å². The molecular formula is C68H84N2O4. The third-order valence-electron chi connectivity index (χ3n) is 25.4. The molecule has 6 N–H and O–H groups in total. The van der Waals surface area contributed by atoms with Gasteiger partial charge in [0.05, 0.1) is 11.4 Å². The second-order valence-corrected chi connectivity index (χ2v) is 31.6. The normalized spacial score (nSPS) is 47.2. The summed E-state index contributed by atoms with van der Waals surface area (Å²) in [4.78, 5) is 0.